The summed E-state index contributed by atoms with van der Waals surface area (Å²) < 4.78 is 0.917. The Kier molecular flexibility index (Phi) is 3.73. The number of nitriles is 1. The maximum absolute atomic E-state index is 8.47. The number of hydrogen-bond acceptors (Lipinski definition) is 2. The van der Waals surface area contributed by atoms with Gasteiger partial charge in [0, 0.05) is 15.5 Å². The molecule has 0 aliphatic rings. The topological polar surface area (TPSA) is 49.8 Å². The van der Waals surface area contributed by atoms with Crippen LogP contribution in [0.25, 0.3) is 0 Å². The summed E-state index contributed by atoms with van der Waals surface area (Å²) in [6, 6.07) is 7.14. The Hall–Kier alpha value is -0.560. The van der Waals surface area contributed by atoms with E-state index >= 15 is 0 Å². The molecule has 1 aromatic carbocycles. The fourth-order valence-corrected chi connectivity index (χ4v) is 1.64. The summed E-state index contributed by atoms with van der Waals surface area (Å²) in [6.07, 6.45) is 0.274. The van der Waals surface area contributed by atoms with Gasteiger partial charge >= 0.3 is 0 Å². The van der Waals surface area contributed by atoms with Crippen molar-refractivity contribution >= 4 is 27.5 Å². The molecule has 13 heavy (non-hydrogen) atoms. The van der Waals surface area contributed by atoms with Crippen LogP contribution in [-0.4, -0.2) is 0 Å². The number of nitrogens with zero attached hydrogens (tertiary/aromatic N) is 1. The highest BCUT2D eigenvalue weighted by molar-refractivity contribution is 9.10. The van der Waals surface area contributed by atoms with Crippen LogP contribution in [0.15, 0.2) is 22.7 Å². The predicted octanol–water partition coefficient (Wildman–Crippen LogP) is 3.02. The fourth-order valence-electron chi connectivity index (χ4n) is 1.01. The molecule has 2 nitrogen and oxygen atoms in total. The van der Waals surface area contributed by atoms with Crippen molar-refractivity contribution in [3.8, 4) is 6.07 Å². The molecular formula is C9H8BrClN2. The summed E-state index contributed by atoms with van der Waals surface area (Å²) in [6.45, 7) is 0. The molecule has 68 valence electrons. The molecule has 1 atom stereocenters. The second-order valence-electron chi connectivity index (χ2n) is 2.63. The van der Waals surface area contributed by atoms with Crippen LogP contribution in [0.1, 0.15) is 18.0 Å². The Bertz CT molecular complexity index is 346. The number of rotatable bonds is 2. The van der Waals surface area contributed by atoms with Crippen molar-refractivity contribution in [3.63, 3.8) is 0 Å². The molecular weight excluding hydrogens is 251 g/mol. The van der Waals surface area contributed by atoms with Gasteiger partial charge < -0.3 is 5.73 Å². The van der Waals surface area contributed by atoms with E-state index in [-0.39, 0.29) is 12.5 Å². The van der Waals surface area contributed by atoms with Crippen LogP contribution in [0.5, 0.6) is 0 Å². The Balaban J connectivity index is 3.00. The Morgan fingerprint density at radius 2 is 2.31 bits per heavy atom. The van der Waals surface area contributed by atoms with Gasteiger partial charge in [-0.3, -0.25) is 0 Å². The van der Waals surface area contributed by atoms with Gasteiger partial charge in [0.05, 0.1) is 12.5 Å². The zero-order valence-electron chi connectivity index (χ0n) is 6.80. The van der Waals surface area contributed by atoms with E-state index in [0.29, 0.717) is 5.02 Å². The average Bonchev–Trinajstić information content (AvgIpc) is 2.09. The van der Waals surface area contributed by atoms with Gasteiger partial charge in [-0.1, -0.05) is 27.5 Å². The smallest absolute Gasteiger partial charge is 0.0641 e. The molecule has 0 aliphatic heterocycles. The van der Waals surface area contributed by atoms with Crippen molar-refractivity contribution in [1.29, 1.82) is 5.26 Å². The number of hydrogen-bond donors (Lipinski definition) is 1. The minimum atomic E-state index is -0.310. The fraction of sp³-hybridized carbons (Fsp3) is 0.222. The third kappa shape index (κ3) is 2.70. The second kappa shape index (κ2) is 4.61. The van der Waals surface area contributed by atoms with Crippen LogP contribution in [-0.2, 0) is 0 Å². The Morgan fingerprint density at radius 1 is 1.62 bits per heavy atom. The normalized spacial score (nSPS) is 12.2. The number of benzene rings is 1. The summed E-state index contributed by atoms with van der Waals surface area (Å²) in [5, 5.41) is 9.08. The largest absolute Gasteiger partial charge is 0.323 e. The minimum Gasteiger partial charge on any atom is -0.323 e. The van der Waals surface area contributed by atoms with Crippen LogP contribution < -0.4 is 5.73 Å². The molecule has 0 radical (unpaired) electrons. The van der Waals surface area contributed by atoms with Crippen molar-refractivity contribution in [1.82, 2.24) is 0 Å². The molecule has 4 heteroatoms. The van der Waals surface area contributed by atoms with Gasteiger partial charge in [-0.2, -0.15) is 5.26 Å². The molecule has 1 aromatic rings. The highest BCUT2D eigenvalue weighted by Gasteiger charge is 2.09. The lowest BCUT2D eigenvalue weighted by molar-refractivity contribution is 0.748. The van der Waals surface area contributed by atoms with Crippen molar-refractivity contribution in [2.45, 2.75) is 12.5 Å². The van der Waals surface area contributed by atoms with Gasteiger partial charge in [0.2, 0.25) is 0 Å². The summed E-state index contributed by atoms with van der Waals surface area (Å²) in [5.41, 5.74) is 6.55. The van der Waals surface area contributed by atoms with Gasteiger partial charge in [-0.25, -0.2) is 0 Å². The van der Waals surface area contributed by atoms with E-state index in [4.69, 9.17) is 22.6 Å². The predicted molar refractivity (Wildman–Crippen MR) is 56.3 cm³/mol. The highest BCUT2D eigenvalue weighted by atomic mass is 79.9. The third-order valence-electron chi connectivity index (χ3n) is 1.67. The molecule has 0 saturated heterocycles. The zero-order chi connectivity index (χ0) is 9.84. The summed E-state index contributed by atoms with van der Waals surface area (Å²) in [5.74, 6) is 0. The highest BCUT2D eigenvalue weighted by Crippen LogP contribution is 2.26. The molecule has 0 aliphatic carbocycles. The van der Waals surface area contributed by atoms with E-state index in [0.717, 1.165) is 10.0 Å². The van der Waals surface area contributed by atoms with Gasteiger partial charge in [-0.15, -0.1) is 0 Å². The zero-order valence-corrected chi connectivity index (χ0v) is 9.14. The van der Waals surface area contributed by atoms with Crippen LogP contribution >= 0.6 is 27.5 Å². The van der Waals surface area contributed by atoms with Crippen LogP contribution in [0.4, 0.5) is 0 Å². The molecule has 1 unspecified atom stereocenters. The second-order valence-corrected chi connectivity index (χ2v) is 3.96. The van der Waals surface area contributed by atoms with Gasteiger partial charge in [-0.05, 0) is 23.8 Å². The minimum absolute atomic E-state index is 0.274. The van der Waals surface area contributed by atoms with Crippen LogP contribution in [0.3, 0.4) is 0 Å². The van der Waals surface area contributed by atoms with E-state index in [2.05, 4.69) is 15.9 Å². The first kappa shape index (κ1) is 10.5. The van der Waals surface area contributed by atoms with Crippen molar-refractivity contribution in [2.75, 3.05) is 0 Å². The van der Waals surface area contributed by atoms with Crippen LogP contribution in [0, 0.1) is 11.3 Å². The molecule has 1 rings (SSSR count). The monoisotopic (exact) mass is 258 g/mol. The molecule has 0 spiro atoms. The summed E-state index contributed by atoms with van der Waals surface area (Å²) >= 11 is 9.24. The average molecular weight is 260 g/mol. The van der Waals surface area contributed by atoms with Gasteiger partial charge in [0.25, 0.3) is 0 Å². The quantitative estimate of drug-likeness (QED) is 0.887. The SMILES string of the molecule is N#CCC(N)c1cc(Br)ccc1Cl. The molecule has 0 fully saturated rings. The molecule has 2 N–H and O–H groups in total. The van der Waals surface area contributed by atoms with Gasteiger partial charge in [0.1, 0.15) is 0 Å². The van der Waals surface area contributed by atoms with Crippen molar-refractivity contribution < 1.29 is 0 Å². The summed E-state index contributed by atoms with van der Waals surface area (Å²) in [7, 11) is 0. The standard InChI is InChI=1S/C9H8BrClN2/c10-6-1-2-8(11)7(5-6)9(13)3-4-12/h1-2,5,9H,3,13H2. The number of halogens is 2. The first-order valence-electron chi connectivity index (χ1n) is 3.72. The maximum Gasteiger partial charge on any atom is 0.0641 e. The number of nitrogens with two attached hydrogens (primary N) is 1. The summed E-state index contributed by atoms with van der Waals surface area (Å²) in [4.78, 5) is 0. The maximum atomic E-state index is 8.47. The van der Waals surface area contributed by atoms with E-state index in [9.17, 15) is 0 Å². The first-order valence-corrected chi connectivity index (χ1v) is 4.89. The molecule has 0 bridgehead atoms. The van der Waals surface area contributed by atoms with Gasteiger partial charge in [0.15, 0.2) is 0 Å². The van der Waals surface area contributed by atoms with E-state index in [1.165, 1.54) is 0 Å². The van der Waals surface area contributed by atoms with E-state index in [1.807, 2.05) is 18.2 Å². The Morgan fingerprint density at radius 3 is 2.92 bits per heavy atom. The molecule has 0 saturated carbocycles. The molecule has 0 heterocycles. The van der Waals surface area contributed by atoms with Crippen molar-refractivity contribution in [2.24, 2.45) is 5.73 Å². The Labute approximate surface area is 90.4 Å². The lowest BCUT2D eigenvalue weighted by atomic mass is 10.1. The molecule has 0 aromatic heterocycles. The van der Waals surface area contributed by atoms with E-state index < -0.39 is 0 Å². The lowest BCUT2D eigenvalue weighted by Gasteiger charge is -2.10. The molecule has 0 amide bonds. The van der Waals surface area contributed by atoms with E-state index in [1.54, 1.807) is 6.07 Å². The third-order valence-corrected chi connectivity index (χ3v) is 2.51. The van der Waals surface area contributed by atoms with Crippen LogP contribution in [0.2, 0.25) is 5.02 Å². The lowest BCUT2D eigenvalue weighted by Crippen LogP contribution is -2.09. The first-order chi connectivity index (χ1) is 6.15. The van der Waals surface area contributed by atoms with Crippen molar-refractivity contribution in [3.05, 3.63) is 33.3 Å².